The molecule has 2 rings (SSSR count). The monoisotopic (exact) mass is 444 g/mol. The van der Waals surface area contributed by atoms with Gasteiger partial charge in [0.15, 0.2) is 0 Å². The van der Waals surface area contributed by atoms with E-state index in [4.69, 9.17) is 4.74 Å². The van der Waals surface area contributed by atoms with Crippen molar-refractivity contribution < 1.29 is 4.74 Å². The van der Waals surface area contributed by atoms with Crippen molar-refractivity contribution >= 4 is 22.6 Å². The standard InChI is InChI=1S/C22H37IO/c1-5-24-17(4)20-14-19(12-11-18-9-7-6-8-10-18)22(23)21(15-20)13-16(2)3/h9,14,16-17,19,21-22H,5-8,10-13,15H2,1-4H3/t17?,19-,21+,22?/m0/s1. The molecule has 2 heteroatoms. The van der Waals surface area contributed by atoms with Crippen molar-refractivity contribution in [3.05, 3.63) is 23.3 Å². The van der Waals surface area contributed by atoms with Gasteiger partial charge in [0.25, 0.3) is 0 Å². The summed E-state index contributed by atoms with van der Waals surface area (Å²) in [5, 5.41) is 0. The van der Waals surface area contributed by atoms with Crippen LogP contribution in [0.2, 0.25) is 0 Å². The second-order valence-corrected chi connectivity index (χ2v) is 9.63. The first-order chi connectivity index (χ1) is 11.5. The predicted octanol–water partition coefficient (Wildman–Crippen LogP) is 7.10. The number of hydrogen-bond acceptors (Lipinski definition) is 1. The third-order valence-corrected chi connectivity index (χ3v) is 7.62. The summed E-state index contributed by atoms with van der Waals surface area (Å²) in [5.41, 5.74) is 3.29. The van der Waals surface area contributed by atoms with Crippen LogP contribution in [0, 0.1) is 17.8 Å². The molecule has 0 aromatic carbocycles. The lowest BCUT2D eigenvalue weighted by molar-refractivity contribution is 0.0937. The Bertz CT molecular complexity index is 437. The van der Waals surface area contributed by atoms with Gasteiger partial charge in [-0.25, -0.2) is 0 Å². The smallest absolute Gasteiger partial charge is 0.0756 e. The van der Waals surface area contributed by atoms with Crippen LogP contribution in [-0.2, 0) is 4.74 Å². The molecule has 0 fully saturated rings. The van der Waals surface area contributed by atoms with Crippen molar-refractivity contribution in [2.75, 3.05) is 6.61 Å². The first-order valence-electron chi connectivity index (χ1n) is 10.1. The molecule has 0 saturated heterocycles. The molecule has 0 heterocycles. The summed E-state index contributed by atoms with van der Waals surface area (Å²) >= 11 is 2.76. The van der Waals surface area contributed by atoms with Crippen LogP contribution in [0.5, 0.6) is 0 Å². The molecule has 24 heavy (non-hydrogen) atoms. The maximum Gasteiger partial charge on any atom is 0.0756 e. The summed E-state index contributed by atoms with van der Waals surface area (Å²) in [4.78, 5) is 0. The van der Waals surface area contributed by atoms with Crippen LogP contribution in [0.15, 0.2) is 23.3 Å². The highest BCUT2D eigenvalue weighted by molar-refractivity contribution is 14.1. The molecular formula is C22H37IO. The van der Waals surface area contributed by atoms with E-state index in [1.54, 1.807) is 11.1 Å². The van der Waals surface area contributed by atoms with Gasteiger partial charge in [-0.15, -0.1) is 0 Å². The third-order valence-electron chi connectivity index (χ3n) is 5.68. The molecule has 2 aliphatic rings. The van der Waals surface area contributed by atoms with Gasteiger partial charge in [-0.05, 0) is 88.5 Å². The van der Waals surface area contributed by atoms with E-state index in [0.717, 1.165) is 28.3 Å². The fourth-order valence-corrected chi connectivity index (χ4v) is 5.52. The lowest BCUT2D eigenvalue weighted by Gasteiger charge is -2.37. The van der Waals surface area contributed by atoms with E-state index in [1.807, 2.05) is 0 Å². The normalized spacial score (nSPS) is 29.3. The van der Waals surface area contributed by atoms with Crippen LogP contribution in [0.4, 0.5) is 0 Å². The first kappa shape index (κ1) is 20.5. The molecule has 0 bridgehead atoms. The van der Waals surface area contributed by atoms with Gasteiger partial charge in [-0.3, -0.25) is 0 Å². The number of halogens is 1. The van der Waals surface area contributed by atoms with Gasteiger partial charge in [-0.2, -0.15) is 0 Å². The minimum atomic E-state index is 0.296. The highest BCUT2D eigenvalue weighted by Crippen LogP contribution is 2.41. The summed E-state index contributed by atoms with van der Waals surface area (Å²) in [6.07, 6.45) is 16.1. The van der Waals surface area contributed by atoms with E-state index < -0.39 is 0 Å². The molecule has 1 nitrogen and oxygen atoms in total. The van der Waals surface area contributed by atoms with Crippen LogP contribution in [0.25, 0.3) is 0 Å². The Morgan fingerprint density at radius 3 is 2.67 bits per heavy atom. The largest absolute Gasteiger partial charge is 0.374 e. The van der Waals surface area contributed by atoms with E-state index >= 15 is 0 Å². The molecule has 0 saturated carbocycles. The highest BCUT2D eigenvalue weighted by Gasteiger charge is 2.33. The maximum absolute atomic E-state index is 5.93. The van der Waals surface area contributed by atoms with E-state index in [-0.39, 0.29) is 0 Å². The van der Waals surface area contributed by atoms with Crippen molar-refractivity contribution in [2.45, 2.75) is 89.1 Å². The van der Waals surface area contributed by atoms with Crippen molar-refractivity contribution in [3.8, 4) is 0 Å². The van der Waals surface area contributed by atoms with Crippen LogP contribution in [0.1, 0.15) is 79.1 Å². The molecule has 138 valence electrons. The van der Waals surface area contributed by atoms with Crippen LogP contribution < -0.4 is 0 Å². The Balaban J connectivity index is 2.05. The molecule has 0 amide bonds. The number of alkyl halides is 1. The molecule has 4 atom stereocenters. The number of rotatable bonds is 8. The fraction of sp³-hybridized carbons (Fsp3) is 0.818. The molecule has 0 aromatic heterocycles. The Kier molecular flexibility index (Phi) is 8.83. The quantitative estimate of drug-likeness (QED) is 0.220. The van der Waals surface area contributed by atoms with Crippen LogP contribution >= 0.6 is 22.6 Å². The van der Waals surface area contributed by atoms with E-state index in [1.165, 1.54) is 51.4 Å². The van der Waals surface area contributed by atoms with Crippen LogP contribution in [0.3, 0.4) is 0 Å². The van der Waals surface area contributed by atoms with Crippen molar-refractivity contribution in [3.63, 3.8) is 0 Å². The minimum absolute atomic E-state index is 0.296. The zero-order valence-electron chi connectivity index (χ0n) is 16.2. The minimum Gasteiger partial charge on any atom is -0.374 e. The molecular weight excluding hydrogens is 407 g/mol. The fourth-order valence-electron chi connectivity index (χ4n) is 4.40. The SMILES string of the molecule is CCOC(C)C1=C[C@H](CCC2=CCCCC2)C(I)[C@H](CC(C)C)C1. The average molecular weight is 444 g/mol. The van der Waals surface area contributed by atoms with E-state index in [2.05, 4.69) is 62.4 Å². The van der Waals surface area contributed by atoms with Gasteiger partial charge >= 0.3 is 0 Å². The Labute approximate surface area is 163 Å². The molecule has 0 N–H and O–H groups in total. The summed E-state index contributed by atoms with van der Waals surface area (Å²) in [5.74, 6) is 2.33. The highest BCUT2D eigenvalue weighted by atomic mass is 127. The first-order valence-corrected chi connectivity index (χ1v) is 11.4. The summed E-state index contributed by atoms with van der Waals surface area (Å²) in [6.45, 7) is 9.92. The average Bonchev–Trinajstić information content (AvgIpc) is 2.56. The molecule has 0 spiro atoms. The van der Waals surface area contributed by atoms with Gasteiger partial charge in [0.1, 0.15) is 0 Å². The number of ether oxygens (including phenoxy) is 1. The van der Waals surface area contributed by atoms with Gasteiger partial charge < -0.3 is 4.74 Å². The van der Waals surface area contributed by atoms with Crippen LogP contribution in [-0.4, -0.2) is 16.6 Å². The molecule has 0 radical (unpaired) electrons. The molecule has 2 unspecified atom stereocenters. The van der Waals surface area contributed by atoms with Crippen molar-refractivity contribution in [2.24, 2.45) is 17.8 Å². The second kappa shape index (κ2) is 10.4. The van der Waals surface area contributed by atoms with Crippen molar-refractivity contribution in [1.82, 2.24) is 0 Å². The topological polar surface area (TPSA) is 9.23 Å². The second-order valence-electron chi connectivity index (χ2n) is 8.19. The predicted molar refractivity (Wildman–Crippen MR) is 114 cm³/mol. The number of hydrogen-bond donors (Lipinski definition) is 0. The Hall–Kier alpha value is 0.170. The molecule has 2 aliphatic carbocycles. The Morgan fingerprint density at radius 2 is 2.04 bits per heavy atom. The zero-order valence-corrected chi connectivity index (χ0v) is 18.3. The molecule has 0 aliphatic heterocycles. The summed E-state index contributed by atoms with van der Waals surface area (Å²) in [7, 11) is 0. The summed E-state index contributed by atoms with van der Waals surface area (Å²) in [6, 6.07) is 0. The lowest BCUT2D eigenvalue weighted by atomic mass is 9.75. The Morgan fingerprint density at radius 1 is 1.25 bits per heavy atom. The maximum atomic E-state index is 5.93. The summed E-state index contributed by atoms with van der Waals surface area (Å²) < 4.78 is 6.71. The van der Waals surface area contributed by atoms with Gasteiger partial charge in [0.2, 0.25) is 0 Å². The van der Waals surface area contributed by atoms with Gasteiger partial charge in [-0.1, -0.05) is 54.2 Å². The lowest BCUT2D eigenvalue weighted by Crippen LogP contribution is -2.31. The zero-order chi connectivity index (χ0) is 17.5. The molecule has 0 aromatic rings. The van der Waals surface area contributed by atoms with E-state index in [9.17, 15) is 0 Å². The number of allylic oxidation sites excluding steroid dienone is 3. The third kappa shape index (κ3) is 6.16. The van der Waals surface area contributed by atoms with E-state index in [0.29, 0.717) is 6.10 Å². The van der Waals surface area contributed by atoms with Gasteiger partial charge in [0.05, 0.1) is 6.10 Å². The van der Waals surface area contributed by atoms with Gasteiger partial charge in [0, 0.05) is 10.5 Å². The van der Waals surface area contributed by atoms with Crippen molar-refractivity contribution in [1.29, 1.82) is 0 Å².